The highest BCUT2D eigenvalue weighted by molar-refractivity contribution is 9.10. The summed E-state index contributed by atoms with van der Waals surface area (Å²) in [5, 5.41) is 0. The molecule has 0 saturated carbocycles. The van der Waals surface area contributed by atoms with Crippen molar-refractivity contribution in [3.63, 3.8) is 0 Å². The van der Waals surface area contributed by atoms with Crippen molar-refractivity contribution in [3.8, 4) is 0 Å². The Hall–Kier alpha value is -0.940. The van der Waals surface area contributed by atoms with E-state index in [1.54, 1.807) is 0 Å². The Bertz CT molecular complexity index is 479. The number of hydrogen-bond acceptors (Lipinski definition) is 2. The zero-order valence-electron chi connectivity index (χ0n) is 10.9. The summed E-state index contributed by atoms with van der Waals surface area (Å²) in [6.07, 6.45) is 3.03. The van der Waals surface area contributed by atoms with Gasteiger partial charge >= 0.3 is 0 Å². The van der Waals surface area contributed by atoms with Crippen LogP contribution in [-0.4, -0.2) is 29.4 Å². The highest BCUT2D eigenvalue weighted by Crippen LogP contribution is 2.23. The zero-order valence-corrected chi connectivity index (χ0v) is 12.5. The lowest BCUT2D eigenvalue weighted by atomic mass is 9.96. The summed E-state index contributed by atoms with van der Waals surface area (Å²) in [7, 11) is 0. The molecule has 1 fully saturated rings. The van der Waals surface area contributed by atoms with E-state index in [0.717, 1.165) is 25.8 Å². The maximum atomic E-state index is 13.2. The van der Waals surface area contributed by atoms with Gasteiger partial charge in [-0.15, -0.1) is 0 Å². The summed E-state index contributed by atoms with van der Waals surface area (Å²) < 4.78 is 13.5. The molecule has 0 bridgehead atoms. The number of halogens is 2. The molecule has 2 atom stereocenters. The average Bonchev–Trinajstić information content (AvgIpc) is 2.41. The van der Waals surface area contributed by atoms with E-state index in [9.17, 15) is 9.18 Å². The molecule has 1 aliphatic heterocycles. The number of nitrogens with two attached hydrogens (primary N) is 1. The van der Waals surface area contributed by atoms with Gasteiger partial charge in [-0.1, -0.05) is 0 Å². The molecule has 0 spiro atoms. The number of nitrogens with zero attached hydrogens (tertiary/aromatic N) is 1. The second-order valence-corrected chi connectivity index (χ2v) is 5.90. The summed E-state index contributed by atoms with van der Waals surface area (Å²) in [6, 6.07) is 4.39. The molecule has 1 amide bonds. The van der Waals surface area contributed by atoms with Gasteiger partial charge in [-0.05, 0) is 60.3 Å². The van der Waals surface area contributed by atoms with Crippen LogP contribution in [0.4, 0.5) is 4.39 Å². The number of carbonyl (C=O) groups is 1. The molecule has 0 unspecified atom stereocenters. The van der Waals surface area contributed by atoms with Crippen molar-refractivity contribution in [1.29, 1.82) is 0 Å². The van der Waals surface area contributed by atoms with Gasteiger partial charge in [0.05, 0.1) is 4.47 Å². The zero-order chi connectivity index (χ0) is 14.0. The minimum atomic E-state index is -0.362. The van der Waals surface area contributed by atoms with E-state index in [4.69, 9.17) is 5.73 Å². The number of piperidine rings is 1. The third-order valence-electron chi connectivity index (χ3n) is 3.58. The molecule has 0 radical (unpaired) electrons. The van der Waals surface area contributed by atoms with Gasteiger partial charge in [0.1, 0.15) is 5.82 Å². The largest absolute Gasteiger partial charge is 0.334 e. The van der Waals surface area contributed by atoms with Crippen molar-refractivity contribution >= 4 is 21.8 Å². The van der Waals surface area contributed by atoms with E-state index in [0.29, 0.717) is 10.0 Å². The van der Waals surface area contributed by atoms with Crippen LogP contribution in [0.2, 0.25) is 0 Å². The second kappa shape index (κ2) is 6.01. The highest BCUT2D eigenvalue weighted by Gasteiger charge is 2.29. The van der Waals surface area contributed by atoms with E-state index >= 15 is 0 Å². The lowest BCUT2D eigenvalue weighted by Crippen LogP contribution is -2.51. The summed E-state index contributed by atoms with van der Waals surface area (Å²) in [5.74, 6) is -0.429. The normalized spacial score (nSPS) is 21.3. The summed E-state index contributed by atoms with van der Waals surface area (Å²) >= 11 is 3.11. The van der Waals surface area contributed by atoms with Crippen LogP contribution in [0.1, 0.15) is 36.5 Å². The first-order chi connectivity index (χ1) is 9.00. The van der Waals surface area contributed by atoms with E-state index in [1.165, 1.54) is 18.2 Å². The van der Waals surface area contributed by atoms with Gasteiger partial charge < -0.3 is 10.6 Å². The van der Waals surface area contributed by atoms with E-state index in [1.807, 2.05) is 11.8 Å². The summed E-state index contributed by atoms with van der Waals surface area (Å²) in [6.45, 7) is 2.65. The fourth-order valence-electron chi connectivity index (χ4n) is 2.55. The van der Waals surface area contributed by atoms with Crippen LogP contribution >= 0.6 is 15.9 Å². The first-order valence-corrected chi connectivity index (χ1v) is 7.31. The van der Waals surface area contributed by atoms with Crippen molar-refractivity contribution < 1.29 is 9.18 Å². The van der Waals surface area contributed by atoms with E-state index in [2.05, 4.69) is 15.9 Å². The molecule has 1 aliphatic rings. The van der Waals surface area contributed by atoms with Crippen LogP contribution in [0.15, 0.2) is 22.7 Å². The van der Waals surface area contributed by atoms with E-state index < -0.39 is 0 Å². The molecule has 3 nitrogen and oxygen atoms in total. The Labute approximate surface area is 121 Å². The number of likely N-dealkylation sites (tertiary alicyclic amines) is 1. The molecule has 104 valence electrons. The maximum absolute atomic E-state index is 13.2. The third kappa shape index (κ3) is 3.15. The molecule has 5 heteroatoms. The molecule has 1 heterocycles. The number of hydrogen-bond donors (Lipinski definition) is 1. The standard InChI is InChI=1S/C14H18BrFN2O/c1-9(17)13-4-2-3-7-18(13)14(19)10-5-6-12(16)11(15)8-10/h5-6,8-9,13H,2-4,7,17H2,1H3/t9-,13+/m0/s1. The van der Waals surface area contributed by atoms with Crippen LogP contribution in [0.5, 0.6) is 0 Å². The highest BCUT2D eigenvalue weighted by atomic mass is 79.9. The number of benzene rings is 1. The first-order valence-electron chi connectivity index (χ1n) is 6.52. The first kappa shape index (κ1) is 14.5. The lowest BCUT2D eigenvalue weighted by molar-refractivity contribution is 0.0583. The van der Waals surface area contributed by atoms with Crippen molar-refractivity contribution in [2.75, 3.05) is 6.54 Å². The van der Waals surface area contributed by atoms with Crippen LogP contribution in [0.3, 0.4) is 0 Å². The Balaban J connectivity index is 2.23. The molecular weight excluding hydrogens is 311 g/mol. The van der Waals surface area contributed by atoms with Gasteiger partial charge in [0.2, 0.25) is 0 Å². The van der Waals surface area contributed by atoms with Crippen LogP contribution in [-0.2, 0) is 0 Å². The lowest BCUT2D eigenvalue weighted by Gasteiger charge is -2.38. The van der Waals surface area contributed by atoms with Gasteiger partial charge in [-0.2, -0.15) is 0 Å². The second-order valence-electron chi connectivity index (χ2n) is 5.05. The predicted octanol–water partition coefficient (Wildman–Crippen LogP) is 2.93. The Morgan fingerprint density at radius 1 is 1.53 bits per heavy atom. The molecule has 1 saturated heterocycles. The van der Waals surface area contributed by atoms with E-state index in [-0.39, 0.29) is 23.8 Å². The molecule has 19 heavy (non-hydrogen) atoms. The van der Waals surface area contributed by atoms with Gasteiger partial charge in [0, 0.05) is 24.2 Å². The van der Waals surface area contributed by atoms with Crippen LogP contribution in [0.25, 0.3) is 0 Å². The van der Waals surface area contributed by atoms with Crippen LogP contribution < -0.4 is 5.73 Å². The van der Waals surface area contributed by atoms with Gasteiger partial charge in [-0.3, -0.25) is 4.79 Å². The quantitative estimate of drug-likeness (QED) is 0.907. The summed E-state index contributed by atoms with van der Waals surface area (Å²) in [5.41, 5.74) is 6.47. The molecule has 2 N–H and O–H groups in total. The summed E-state index contributed by atoms with van der Waals surface area (Å²) in [4.78, 5) is 14.3. The Morgan fingerprint density at radius 3 is 2.89 bits per heavy atom. The molecule has 1 aromatic carbocycles. The average molecular weight is 329 g/mol. The fraction of sp³-hybridized carbons (Fsp3) is 0.500. The van der Waals surface area contributed by atoms with Gasteiger partial charge in [0.15, 0.2) is 0 Å². The smallest absolute Gasteiger partial charge is 0.254 e. The van der Waals surface area contributed by atoms with Crippen molar-refractivity contribution in [3.05, 3.63) is 34.1 Å². The molecular formula is C14H18BrFN2O. The molecule has 0 aromatic heterocycles. The number of rotatable bonds is 2. The Morgan fingerprint density at radius 2 is 2.26 bits per heavy atom. The minimum absolute atomic E-state index is 0.0480. The topological polar surface area (TPSA) is 46.3 Å². The fourth-order valence-corrected chi connectivity index (χ4v) is 2.93. The van der Waals surface area contributed by atoms with Crippen molar-refractivity contribution in [2.24, 2.45) is 5.73 Å². The third-order valence-corrected chi connectivity index (χ3v) is 4.19. The molecule has 1 aromatic rings. The van der Waals surface area contributed by atoms with Crippen LogP contribution in [0, 0.1) is 5.82 Å². The predicted molar refractivity (Wildman–Crippen MR) is 76.4 cm³/mol. The monoisotopic (exact) mass is 328 g/mol. The van der Waals surface area contributed by atoms with Crippen molar-refractivity contribution in [1.82, 2.24) is 4.90 Å². The number of amides is 1. The SMILES string of the molecule is C[C@H](N)[C@H]1CCCCN1C(=O)c1ccc(F)c(Br)c1. The maximum Gasteiger partial charge on any atom is 0.254 e. The van der Waals surface area contributed by atoms with Gasteiger partial charge in [-0.25, -0.2) is 4.39 Å². The molecule has 0 aliphatic carbocycles. The van der Waals surface area contributed by atoms with Crippen molar-refractivity contribution in [2.45, 2.75) is 38.3 Å². The minimum Gasteiger partial charge on any atom is -0.334 e. The number of carbonyl (C=O) groups excluding carboxylic acids is 1. The molecule has 2 rings (SSSR count). The van der Waals surface area contributed by atoms with Gasteiger partial charge in [0.25, 0.3) is 5.91 Å². The Kier molecular flexibility index (Phi) is 4.58.